The van der Waals surface area contributed by atoms with Gasteiger partial charge in [0.15, 0.2) is 11.5 Å². The average molecular weight is 365 g/mol. The Balaban J connectivity index is 1.92. The second kappa shape index (κ2) is 5.00. The summed E-state index contributed by atoms with van der Waals surface area (Å²) in [4.78, 5) is 15.8. The van der Waals surface area contributed by atoms with Gasteiger partial charge < -0.3 is 9.15 Å². The summed E-state index contributed by atoms with van der Waals surface area (Å²) in [5.74, 6) is 0.177. The number of rotatable bonds is 2. The molecule has 0 spiro atoms. The molecule has 5 heteroatoms. The molecule has 0 radical (unpaired) electrons. The normalized spacial score (nSPS) is 16.6. The standard InChI is InChI=1S/C14H8INO3/c15-10-5-3-9(4-6-10)8-11-14(17)19-13(16-11)12-2-1-7-18-12/h1-8H/b11-8-. The molecule has 1 aromatic heterocycles. The lowest BCUT2D eigenvalue weighted by atomic mass is 10.2. The molecule has 0 amide bonds. The van der Waals surface area contributed by atoms with Gasteiger partial charge in [0.05, 0.1) is 6.26 Å². The van der Waals surface area contributed by atoms with Gasteiger partial charge in [-0.2, -0.15) is 0 Å². The minimum absolute atomic E-state index is 0.201. The van der Waals surface area contributed by atoms with E-state index >= 15 is 0 Å². The number of aliphatic imine (C=N–C) groups is 1. The number of esters is 1. The van der Waals surface area contributed by atoms with E-state index in [2.05, 4.69) is 27.6 Å². The molecular formula is C14H8INO3. The van der Waals surface area contributed by atoms with Crippen LogP contribution in [-0.2, 0) is 9.53 Å². The van der Waals surface area contributed by atoms with Crippen molar-refractivity contribution in [2.75, 3.05) is 0 Å². The van der Waals surface area contributed by atoms with E-state index in [1.54, 1.807) is 18.2 Å². The maximum Gasteiger partial charge on any atom is 0.363 e. The number of hydrogen-bond acceptors (Lipinski definition) is 4. The van der Waals surface area contributed by atoms with Crippen LogP contribution in [0.4, 0.5) is 0 Å². The van der Waals surface area contributed by atoms with Gasteiger partial charge in [-0.15, -0.1) is 0 Å². The summed E-state index contributed by atoms with van der Waals surface area (Å²) in [6.45, 7) is 0. The molecule has 0 atom stereocenters. The maximum atomic E-state index is 11.7. The molecule has 4 nitrogen and oxygen atoms in total. The summed E-state index contributed by atoms with van der Waals surface area (Å²) in [6.07, 6.45) is 3.20. The third-order valence-corrected chi connectivity index (χ3v) is 3.25. The first-order chi connectivity index (χ1) is 9.22. The quantitative estimate of drug-likeness (QED) is 0.467. The van der Waals surface area contributed by atoms with Crippen molar-refractivity contribution in [2.24, 2.45) is 4.99 Å². The van der Waals surface area contributed by atoms with E-state index in [1.807, 2.05) is 24.3 Å². The van der Waals surface area contributed by atoms with Crippen LogP contribution in [0.25, 0.3) is 6.08 Å². The Hall–Kier alpha value is -1.89. The van der Waals surface area contributed by atoms with Crippen LogP contribution in [0.2, 0.25) is 0 Å². The number of hydrogen-bond donors (Lipinski definition) is 0. The molecule has 1 aliphatic heterocycles. The van der Waals surface area contributed by atoms with E-state index in [4.69, 9.17) is 9.15 Å². The van der Waals surface area contributed by atoms with E-state index in [-0.39, 0.29) is 11.6 Å². The zero-order valence-corrected chi connectivity index (χ0v) is 11.8. The van der Waals surface area contributed by atoms with Gasteiger partial charge in [-0.1, -0.05) is 12.1 Å². The monoisotopic (exact) mass is 365 g/mol. The highest BCUT2D eigenvalue weighted by atomic mass is 127. The molecule has 2 heterocycles. The average Bonchev–Trinajstić information content (AvgIpc) is 3.03. The Morgan fingerprint density at radius 2 is 1.95 bits per heavy atom. The molecule has 94 valence electrons. The van der Waals surface area contributed by atoms with E-state index < -0.39 is 5.97 Å². The summed E-state index contributed by atoms with van der Waals surface area (Å²) in [5.41, 5.74) is 1.17. The zero-order chi connectivity index (χ0) is 13.2. The van der Waals surface area contributed by atoms with Crippen molar-refractivity contribution < 1.29 is 13.9 Å². The smallest absolute Gasteiger partial charge is 0.363 e. The van der Waals surface area contributed by atoms with Crippen LogP contribution in [0.15, 0.2) is 57.8 Å². The minimum atomic E-state index is -0.468. The summed E-state index contributed by atoms with van der Waals surface area (Å²) in [6, 6.07) is 11.2. The number of halogens is 1. The fourth-order valence-electron chi connectivity index (χ4n) is 1.63. The lowest BCUT2D eigenvalue weighted by Crippen LogP contribution is -2.04. The lowest BCUT2D eigenvalue weighted by Gasteiger charge is -1.94. The molecule has 0 aliphatic carbocycles. The van der Waals surface area contributed by atoms with E-state index in [1.165, 1.54) is 6.26 Å². The van der Waals surface area contributed by atoms with Crippen LogP contribution in [0, 0.1) is 3.57 Å². The third-order valence-electron chi connectivity index (χ3n) is 2.53. The van der Waals surface area contributed by atoms with Crippen LogP contribution in [-0.4, -0.2) is 11.9 Å². The number of ether oxygens (including phenoxy) is 1. The predicted molar refractivity (Wildman–Crippen MR) is 78.5 cm³/mol. The number of carbonyl (C=O) groups excluding carboxylic acids is 1. The number of benzene rings is 1. The molecule has 1 aliphatic rings. The first kappa shape index (κ1) is 12.2. The largest absolute Gasteiger partial charge is 0.459 e. The van der Waals surface area contributed by atoms with Gasteiger partial charge in [0.2, 0.25) is 0 Å². The summed E-state index contributed by atoms with van der Waals surface area (Å²) in [7, 11) is 0. The summed E-state index contributed by atoms with van der Waals surface area (Å²) >= 11 is 2.22. The fourth-order valence-corrected chi connectivity index (χ4v) is 1.99. The lowest BCUT2D eigenvalue weighted by molar-refractivity contribution is -0.130. The molecule has 0 saturated heterocycles. The number of carbonyl (C=O) groups is 1. The molecule has 19 heavy (non-hydrogen) atoms. The zero-order valence-electron chi connectivity index (χ0n) is 9.67. The molecule has 0 N–H and O–H groups in total. The number of nitrogens with zero attached hydrogens (tertiary/aromatic N) is 1. The molecule has 2 aromatic rings. The second-order valence-electron chi connectivity index (χ2n) is 3.86. The minimum Gasteiger partial charge on any atom is -0.459 e. The van der Waals surface area contributed by atoms with E-state index in [0.29, 0.717) is 5.76 Å². The van der Waals surface area contributed by atoms with E-state index in [9.17, 15) is 4.79 Å². The SMILES string of the molecule is O=C1OC(c2ccco2)=N/C1=C\c1ccc(I)cc1. The van der Waals surface area contributed by atoms with Crippen LogP contribution in [0.5, 0.6) is 0 Å². The molecular weight excluding hydrogens is 357 g/mol. The Bertz CT molecular complexity index is 669. The first-order valence-electron chi connectivity index (χ1n) is 5.54. The number of cyclic esters (lactones) is 1. The predicted octanol–water partition coefficient (Wildman–Crippen LogP) is 3.23. The highest BCUT2D eigenvalue weighted by Crippen LogP contribution is 2.19. The van der Waals surface area contributed by atoms with Gasteiger partial charge in [-0.05, 0) is 58.5 Å². The Morgan fingerprint density at radius 3 is 2.63 bits per heavy atom. The van der Waals surface area contributed by atoms with Gasteiger partial charge in [-0.3, -0.25) is 0 Å². The second-order valence-corrected chi connectivity index (χ2v) is 5.11. The molecule has 0 fully saturated rings. The molecule has 3 rings (SSSR count). The van der Waals surface area contributed by atoms with Crippen LogP contribution in [0.3, 0.4) is 0 Å². The molecule has 0 unspecified atom stereocenters. The maximum absolute atomic E-state index is 11.7. The van der Waals surface area contributed by atoms with Crippen molar-refractivity contribution in [2.45, 2.75) is 0 Å². The molecule has 1 aromatic carbocycles. The highest BCUT2D eigenvalue weighted by Gasteiger charge is 2.25. The van der Waals surface area contributed by atoms with Crippen LogP contribution >= 0.6 is 22.6 Å². The van der Waals surface area contributed by atoms with E-state index in [0.717, 1.165) is 9.13 Å². The van der Waals surface area contributed by atoms with Crippen LogP contribution < -0.4 is 0 Å². The van der Waals surface area contributed by atoms with Crippen molar-refractivity contribution in [1.82, 2.24) is 0 Å². The Morgan fingerprint density at radius 1 is 1.16 bits per heavy atom. The van der Waals surface area contributed by atoms with Gasteiger partial charge >= 0.3 is 5.97 Å². The Labute approximate surface area is 122 Å². The van der Waals surface area contributed by atoms with Gasteiger partial charge in [0.25, 0.3) is 5.90 Å². The number of furan rings is 1. The van der Waals surface area contributed by atoms with Gasteiger partial charge in [0.1, 0.15) is 0 Å². The van der Waals surface area contributed by atoms with Crippen LogP contribution in [0.1, 0.15) is 11.3 Å². The van der Waals surface area contributed by atoms with Crippen molar-refractivity contribution in [1.29, 1.82) is 0 Å². The third kappa shape index (κ3) is 2.60. The van der Waals surface area contributed by atoms with Crippen molar-refractivity contribution in [3.05, 3.63) is 63.3 Å². The van der Waals surface area contributed by atoms with Gasteiger partial charge in [0, 0.05) is 3.57 Å². The molecule has 0 saturated carbocycles. The van der Waals surface area contributed by atoms with Crippen molar-refractivity contribution in [3.8, 4) is 0 Å². The summed E-state index contributed by atoms with van der Waals surface area (Å²) in [5, 5.41) is 0. The molecule has 0 bridgehead atoms. The topological polar surface area (TPSA) is 51.8 Å². The fraction of sp³-hybridized carbons (Fsp3) is 0. The van der Waals surface area contributed by atoms with Crippen molar-refractivity contribution in [3.63, 3.8) is 0 Å². The van der Waals surface area contributed by atoms with Crippen molar-refractivity contribution >= 4 is 40.5 Å². The summed E-state index contributed by atoms with van der Waals surface area (Å²) < 4.78 is 11.3. The Kier molecular flexibility index (Phi) is 3.20. The van der Waals surface area contributed by atoms with Gasteiger partial charge in [-0.25, -0.2) is 9.79 Å². The first-order valence-corrected chi connectivity index (χ1v) is 6.62. The highest BCUT2D eigenvalue weighted by molar-refractivity contribution is 14.1.